The molecule has 2 heterocycles. The number of carbonyl (C=O) groups excluding carboxylic acids is 1. The van der Waals surface area contributed by atoms with Gasteiger partial charge in [0, 0.05) is 21.4 Å². The number of hydrogen-bond acceptors (Lipinski definition) is 4. The third-order valence-corrected chi connectivity index (χ3v) is 4.23. The smallest absolute Gasteiger partial charge is 0.272 e. The summed E-state index contributed by atoms with van der Waals surface area (Å²) >= 11 is 1.54. The number of nitrogens with one attached hydrogen (secondary N) is 2. The molecule has 0 atom stereocenters. The van der Waals surface area contributed by atoms with Gasteiger partial charge in [-0.1, -0.05) is 29.8 Å². The summed E-state index contributed by atoms with van der Waals surface area (Å²) in [5.74, 6) is -0.217. The second kappa shape index (κ2) is 6.58. The lowest BCUT2D eigenvalue weighted by molar-refractivity contribution is 0.0955. The van der Waals surface area contributed by atoms with E-state index < -0.39 is 0 Å². The number of nitrogens with zero attached hydrogens (tertiary/aromatic N) is 2. The molecule has 3 rings (SSSR count). The summed E-state index contributed by atoms with van der Waals surface area (Å²) < 4.78 is 0. The van der Waals surface area contributed by atoms with Crippen LogP contribution in [0.2, 0.25) is 0 Å². The van der Waals surface area contributed by atoms with Crippen LogP contribution in [0, 0.1) is 13.8 Å². The van der Waals surface area contributed by atoms with Crippen molar-refractivity contribution in [1.82, 2.24) is 15.6 Å². The first-order valence-corrected chi connectivity index (χ1v) is 8.00. The number of hydrogen-bond donors (Lipinski definition) is 2. The molecule has 0 unspecified atom stereocenters. The van der Waals surface area contributed by atoms with Crippen molar-refractivity contribution in [3.05, 3.63) is 63.5 Å². The maximum absolute atomic E-state index is 11.9. The van der Waals surface area contributed by atoms with Gasteiger partial charge >= 0.3 is 0 Å². The molecule has 0 aliphatic heterocycles. The lowest BCUT2D eigenvalue weighted by atomic mass is 10.1. The molecule has 1 amide bonds. The van der Waals surface area contributed by atoms with Gasteiger partial charge in [0.25, 0.3) is 5.91 Å². The molecular formula is C17H16N4OS. The van der Waals surface area contributed by atoms with E-state index >= 15 is 0 Å². The Hall–Kier alpha value is -2.73. The highest BCUT2D eigenvalue weighted by Gasteiger charge is 2.07. The van der Waals surface area contributed by atoms with Crippen LogP contribution >= 0.6 is 11.3 Å². The maximum atomic E-state index is 11.9. The highest BCUT2D eigenvalue weighted by Crippen LogP contribution is 2.20. The number of hydrazone groups is 1. The lowest BCUT2D eigenvalue weighted by Crippen LogP contribution is -2.16. The van der Waals surface area contributed by atoms with Crippen LogP contribution < -0.4 is 5.43 Å². The number of thiophene rings is 1. The number of H-pyrrole nitrogens is 1. The molecule has 23 heavy (non-hydrogen) atoms. The van der Waals surface area contributed by atoms with Crippen molar-refractivity contribution in [2.75, 3.05) is 0 Å². The van der Waals surface area contributed by atoms with Crippen molar-refractivity contribution in [2.24, 2.45) is 5.10 Å². The van der Waals surface area contributed by atoms with Gasteiger partial charge in [0.15, 0.2) is 0 Å². The van der Waals surface area contributed by atoms with Crippen LogP contribution in [0.5, 0.6) is 0 Å². The Morgan fingerprint density at radius 1 is 1.30 bits per heavy atom. The lowest BCUT2D eigenvalue weighted by Gasteiger charge is -2.00. The summed E-state index contributed by atoms with van der Waals surface area (Å²) in [6.07, 6.45) is 3.27. The van der Waals surface area contributed by atoms with Crippen LogP contribution in [0.4, 0.5) is 0 Å². The van der Waals surface area contributed by atoms with Gasteiger partial charge in [-0.3, -0.25) is 9.89 Å². The fourth-order valence-corrected chi connectivity index (χ4v) is 2.82. The highest BCUT2D eigenvalue weighted by atomic mass is 32.1. The molecule has 6 heteroatoms. The number of aromatic nitrogens is 2. The molecule has 2 aromatic heterocycles. The monoisotopic (exact) mass is 324 g/mol. The molecule has 116 valence electrons. The van der Waals surface area contributed by atoms with Crippen molar-refractivity contribution in [3.8, 4) is 11.3 Å². The normalized spacial score (nSPS) is 11.0. The van der Waals surface area contributed by atoms with Crippen LogP contribution in [0.25, 0.3) is 11.3 Å². The number of carbonyl (C=O) groups is 1. The minimum atomic E-state index is -0.217. The molecule has 0 radical (unpaired) electrons. The largest absolute Gasteiger partial charge is 0.277 e. The van der Waals surface area contributed by atoms with Gasteiger partial charge in [0.2, 0.25) is 0 Å². The predicted octanol–water partition coefficient (Wildman–Crippen LogP) is 3.52. The molecule has 0 bridgehead atoms. The van der Waals surface area contributed by atoms with Gasteiger partial charge in [0.05, 0.1) is 23.7 Å². The minimum Gasteiger partial charge on any atom is -0.277 e. The van der Waals surface area contributed by atoms with Crippen molar-refractivity contribution in [3.63, 3.8) is 0 Å². The summed E-state index contributed by atoms with van der Waals surface area (Å²) in [5, 5.41) is 12.9. The number of aryl methyl sites for hydroxylation is 2. The fourth-order valence-electron chi connectivity index (χ4n) is 2.13. The van der Waals surface area contributed by atoms with E-state index in [0.29, 0.717) is 5.56 Å². The molecule has 0 fully saturated rings. The fraction of sp³-hybridized carbons (Fsp3) is 0.118. The summed E-state index contributed by atoms with van der Waals surface area (Å²) in [7, 11) is 0. The van der Waals surface area contributed by atoms with Crippen LogP contribution in [-0.2, 0) is 0 Å². The zero-order valence-electron chi connectivity index (χ0n) is 12.8. The van der Waals surface area contributed by atoms with Crippen molar-refractivity contribution >= 4 is 23.5 Å². The second-order valence-electron chi connectivity index (χ2n) is 5.21. The third kappa shape index (κ3) is 3.54. The van der Waals surface area contributed by atoms with E-state index in [1.165, 1.54) is 16.9 Å². The molecule has 5 nitrogen and oxygen atoms in total. The van der Waals surface area contributed by atoms with E-state index in [4.69, 9.17) is 0 Å². The van der Waals surface area contributed by atoms with E-state index in [9.17, 15) is 4.79 Å². The van der Waals surface area contributed by atoms with Gasteiger partial charge in [-0.2, -0.15) is 10.2 Å². The van der Waals surface area contributed by atoms with Gasteiger partial charge in [-0.05, 0) is 19.9 Å². The van der Waals surface area contributed by atoms with Crippen molar-refractivity contribution in [2.45, 2.75) is 13.8 Å². The maximum Gasteiger partial charge on any atom is 0.272 e. The Morgan fingerprint density at radius 3 is 2.78 bits per heavy atom. The molecule has 3 aromatic rings. The molecular weight excluding hydrogens is 308 g/mol. The highest BCUT2D eigenvalue weighted by molar-refractivity contribution is 7.10. The molecule has 2 N–H and O–H groups in total. The average molecular weight is 324 g/mol. The molecule has 0 aliphatic carbocycles. The van der Waals surface area contributed by atoms with Gasteiger partial charge in [-0.25, -0.2) is 5.43 Å². The quantitative estimate of drug-likeness (QED) is 0.569. The standard InChI is InChI=1S/C17H16N4OS/c1-11-3-5-13(6-4-11)16-15(8-18-20-16)9-19-21-17(22)14-7-12(2)23-10-14/h3-10H,1-2H3,(H,18,20)(H,21,22). The molecule has 1 aromatic carbocycles. The van der Waals surface area contributed by atoms with Gasteiger partial charge in [-0.15, -0.1) is 11.3 Å². The van der Waals surface area contributed by atoms with Crippen molar-refractivity contribution in [1.29, 1.82) is 0 Å². The van der Waals surface area contributed by atoms with Crippen LogP contribution in [0.1, 0.15) is 26.4 Å². The van der Waals surface area contributed by atoms with Gasteiger partial charge in [0.1, 0.15) is 0 Å². The molecule has 0 aliphatic rings. The van der Waals surface area contributed by atoms with E-state index in [-0.39, 0.29) is 5.91 Å². The Kier molecular flexibility index (Phi) is 4.34. The number of rotatable bonds is 4. The van der Waals surface area contributed by atoms with E-state index in [1.807, 2.05) is 49.6 Å². The zero-order chi connectivity index (χ0) is 16.2. The van der Waals surface area contributed by atoms with E-state index in [0.717, 1.165) is 21.7 Å². The topological polar surface area (TPSA) is 70.1 Å². The summed E-state index contributed by atoms with van der Waals surface area (Å²) in [6, 6.07) is 9.96. The Morgan fingerprint density at radius 2 is 2.09 bits per heavy atom. The number of aromatic amines is 1. The first kappa shape index (κ1) is 15.2. The molecule has 0 saturated carbocycles. The SMILES string of the molecule is Cc1ccc(-c2[nH]ncc2C=NNC(=O)c2csc(C)c2)cc1. The number of amides is 1. The van der Waals surface area contributed by atoms with Gasteiger partial charge < -0.3 is 0 Å². The predicted molar refractivity (Wildman–Crippen MR) is 92.9 cm³/mol. The summed E-state index contributed by atoms with van der Waals surface area (Å²) in [4.78, 5) is 13.0. The van der Waals surface area contributed by atoms with Crippen LogP contribution in [0.15, 0.2) is 47.0 Å². The Labute approximate surface area is 138 Å². The first-order valence-electron chi connectivity index (χ1n) is 7.12. The van der Waals surface area contributed by atoms with Crippen LogP contribution in [0.3, 0.4) is 0 Å². The van der Waals surface area contributed by atoms with Crippen LogP contribution in [-0.4, -0.2) is 22.3 Å². The third-order valence-electron chi connectivity index (χ3n) is 3.37. The second-order valence-corrected chi connectivity index (χ2v) is 6.33. The molecule has 0 spiro atoms. The Bertz CT molecular complexity index is 846. The molecule has 0 saturated heterocycles. The average Bonchev–Trinajstić information content (AvgIpc) is 3.17. The minimum absolute atomic E-state index is 0.217. The Balaban J connectivity index is 1.72. The van der Waals surface area contributed by atoms with Crippen molar-refractivity contribution < 1.29 is 4.79 Å². The summed E-state index contributed by atoms with van der Waals surface area (Å²) in [5.41, 5.74) is 7.06. The first-order chi connectivity index (χ1) is 11.1. The van der Waals surface area contributed by atoms with E-state index in [2.05, 4.69) is 20.7 Å². The summed E-state index contributed by atoms with van der Waals surface area (Å²) in [6.45, 7) is 4.00. The zero-order valence-corrected chi connectivity index (χ0v) is 13.6. The van der Waals surface area contributed by atoms with E-state index in [1.54, 1.807) is 12.4 Å². The number of benzene rings is 1.